The highest BCUT2D eigenvalue weighted by Crippen LogP contribution is 2.23. The fraction of sp³-hybridized carbons (Fsp3) is 0.333. The molecule has 0 aliphatic rings. The number of nitrogens with zero attached hydrogens (tertiary/aromatic N) is 1. The molecular formula is C18H24N2O. The average molecular weight is 284 g/mol. The Balaban J connectivity index is 2.21. The predicted molar refractivity (Wildman–Crippen MR) is 88.5 cm³/mol. The molecule has 0 bridgehead atoms. The van der Waals surface area contributed by atoms with Crippen molar-refractivity contribution in [2.24, 2.45) is 0 Å². The van der Waals surface area contributed by atoms with Crippen LogP contribution in [0.4, 0.5) is 5.69 Å². The number of methoxy groups -OCH3 is 1. The third-order valence-corrected chi connectivity index (χ3v) is 3.37. The van der Waals surface area contributed by atoms with E-state index in [-0.39, 0.29) is 6.04 Å². The molecule has 0 amide bonds. The van der Waals surface area contributed by atoms with E-state index in [1.807, 2.05) is 6.07 Å². The van der Waals surface area contributed by atoms with E-state index in [0.717, 1.165) is 12.2 Å². The van der Waals surface area contributed by atoms with Crippen molar-refractivity contribution in [3.05, 3.63) is 65.7 Å². The molecule has 1 atom stereocenters. The van der Waals surface area contributed by atoms with Gasteiger partial charge in [0.1, 0.15) is 0 Å². The van der Waals surface area contributed by atoms with Gasteiger partial charge in [-0.3, -0.25) is 0 Å². The maximum atomic E-state index is 5.38. The molecule has 1 N–H and O–H groups in total. The van der Waals surface area contributed by atoms with Gasteiger partial charge >= 0.3 is 0 Å². The Morgan fingerprint density at radius 1 is 1.00 bits per heavy atom. The number of ether oxygens (including phenoxy) is 1. The Kier molecular flexibility index (Phi) is 5.78. The molecule has 2 aromatic carbocycles. The van der Waals surface area contributed by atoms with Crippen LogP contribution in [0.15, 0.2) is 54.6 Å². The van der Waals surface area contributed by atoms with Gasteiger partial charge in [-0.15, -0.1) is 0 Å². The third kappa shape index (κ3) is 4.59. The molecule has 0 saturated heterocycles. The van der Waals surface area contributed by atoms with Gasteiger partial charge < -0.3 is 15.0 Å². The van der Waals surface area contributed by atoms with Crippen molar-refractivity contribution in [1.29, 1.82) is 0 Å². The van der Waals surface area contributed by atoms with Crippen molar-refractivity contribution in [2.45, 2.75) is 12.6 Å². The van der Waals surface area contributed by atoms with Crippen LogP contribution in [0.3, 0.4) is 0 Å². The van der Waals surface area contributed by atoms with E-state index in [1.165, 1.54) is 11.1 Å². The summed E-state index contributed by atoms with van der Waals surface area (Å²) in [6.45, 7) is 1.55. The lowest BCUT2D eigenvalue weighted by Gasteiger charge is -2.22. The molecule has 1 unspecified atom stereocenters. The van der Waals surface area contributed by atoms with Crippen molar-refractivity contribution in [2.75, 3.05) is 33.1 Å². The summed E-state index contributed by atoms with van der Waals surface area (Å²) in [6, 6.07) is 19.0. The molecule has 3 nitrogen and oxygen atoms in total. The third-order valence-electron chi connectivity index (χ3n) is 3.37. The molecule has 3 heteroatoms. The fourth-order valence-corrected chi connectivity index (χ4v) is 2.40. The number of hydrogen-bond donors (Lipinski definition) is 1. The largest absolute Gasteiger partial charge is 0.382 e. The first-order valence-corrected chi connectivity index (χ1v) is 7.23. The van der Waals surface area contributed by atoms with Gasteiger partial charge in [-0.25, -0.2) is 0 Å². The predicted octanol–water partition coefficient (Wildman–Crippen LogP) is 3.55. The summed E-state index contributed by atoms with van der Waals surface area (Å²) in [5.74, 6) is 0. The number of nitrogens with one attached hydrogen (secondary N) is 1. The minimum atomic E-state index is 0.152. The van der Waals surface area contributed by atoms with Crippen LogP contribution in [0.5, 0.6) is 0 Å². The minimum Gasteiger partial charge on any atom is -0.382 e. The number of hydrogen-bond acceptors (Lipinski definition) is 3. The number of rotatable bonds is 7. The molecule has 0 aliphatic carbocycles. The SMILES string of the molecule is COCC(Nc1ccccc1CN(C)C)c1ccccc1. The summed E-state index contributed by atoms with van der Waals surface area (Å²) in [4.78, 5) is 2.17. The van der Waals surface area contributed by atoms with Crippen LogP contribution in [0, 0.1) is 0 Å². The second-order valence-corrected chi connectivity index (χ2v) is 5.46. The van der Waals surface area contributed by atoms with Gasteiger partial charge in [0.15, 0.2) is 0 Å². The van der Waals surface area contributed by atoms with Crippen molar-refractivity contribution in [3.63, 3.8) is 0 Å². The molecule has 21 heavy (non-hydrogen) atoms. The zero-order chi connectivity index (χ0) is 15.1. The molecule has 0 saturated carbocycles. The summed E-state index contributed by atoms with van der Waals surface area (Å²) in [7, 11) is 5.91. The zero-order valence-corrected chi connectivity index (χ0v) is 13.0. The van der Waals surface area contributed by atoms with E-state index in [0.29, 0.717) is 6.61 Å². The summed E-state index contributed by atoms with van der Waals surface area (Å²) in [5.41, 5.74) is 3.69. The van der Waals surface area contributed by atoms with Crippen molar-refractivity contribution in [1.82, 2.24) is 4.90 Å². The van der Waals surface area contributed by atoms with Gasteiger partial charge in [-0.2, -0.15) is 0 Å². The van der Waals surface area contributed by atoms with Crippen LogP contribution >= 0.6 is 0 Å². The van der Waals surface area contributed by atoms with Crippen LogP contribution in [0.2, 0.25) is 0 Å². The Hall–Kier alpha value is -1.84. The minimum absolute atomic E-state index is 0.152. The first-order chi connectivity index (χ1) is 10.2. The molecule has 0 aliphatic heterocycles. The highest BCUT2D eigenvalue weighted by molar-refractivity contribution is 5.52. The second-order valence-electron chi connectivity index (χ2n) is 5.46. The van der Waals surface area contributed by atoms with Gasteiger partial charge in [-0.1, -0.05) is 48.5 Å². The van der Waals surface area contributed by atoms with Crippen molar-refractivity contribution >= 4 is 5.69 Å². The summed E-state index contributed by atoms with van der Waals surface area (Å²) < 4.78 is 5.38. The van der Waals surface area contributed by atoms with Crippen LogP contribution in [-0.4, -0.2) is 32.7 Å². The van der Waals surface area contributed by atoms with Gasteiger partial charge in [-0.05, 0) is 31.3 Å². The van der Waals surface area contributed by atoms with Gasteiger partial charge in [0, 0.05) is 19.3 Å². The maximum Gasteiger partial charge on any atom is 0.0747 e. The van der Waals surface area contributed by atoms with Crippen molar-refractivity contribution in [3.8, 4) is 0 Å². The highest BCUT2D eigenvalue weighted by atomic mass is 16.5. The lowest BCUT2D eigenvalue weighted by molar-refractivity contribution is 0.186. The smallest absolute Gasteiger partial charge is 0.0747 e. The van der Waals surface area contributed by atoms with E-state index >= 15 is 0 Å². The molecule has 0 heterocycles. The van der Waals surface area contributed by atoms with Crippen LogP contribution in [-0.2, 0) is 11.3 Å². The molecule has 112 valence electrons. The second kappa shape index (κ2) is 7.81. The Morgan fingerprint density at radius 3 is 2.33 bits per heavy atom. The van der Waals surface area contributed by atoms with Crippen LogP contribution in [0.1, 0.15) is 17.2 Å². The maximum absolute atomic E-state index is 5.38. The number of benzene rings is 2. The summed E-state index contributed by atoms with van der Waals surface area (Å²) in [5, 5.41) is 3.62. The Bertz CT molecular complexity index is 540. The van der Waals surface area contributed by atoms with Gasteiger partial charge in [0.25, 0.3) is 0 Å². The monoisotopic (exact) mass is 284 g/mol. The molecular weight excluding hydrogens is 260 g/mol. The average Bonchev–Trinajstić information content (AvgIpc) is 2.49. The molecule has 2 rings (SSSR count). The first kappa shape index (κ1) is 15.5. The zero-order valence-electron chi connectivity index (χ0n) is 13.0. The van der Waals surface area contributed by atoms with E-state index in [9.17, 15) is 0 Å². The summed E-state index contributed by atoms with van der Waals surface area (Å²) in [6.07, 6.45) is 0. The van der Waals surface area contributed by atoms with Crippen LogP contribution < -0.4 is 5.32 Å². The number of para-hydroxylation sites is 1. The van der Waals surface area contributed by atoms with E-state index in [4.69, 9.17) is 4.74 Å². The number of anilines is 1. The first-order valence-electron chi connectivity index (χ1n) is 7.23. The topological polar surface area (TPSA) is 24.5 Å². The van der Waals surface area contributed by atoms with Gasteiger partial charge in [0.05, 0.1) is 12.6 Å². The fourth-order valence-electron chi connectivity index (χ4n) is 2.40. The molecule has 0 fully saturated rings. The normalized spacial score (nSPS) is 12.4. The van der Waals surface area contributed by atoms with E-state index in [2.05, 4.69) is 72.8 Å². The standard InChI is InChI=1S/C18H24N2O/c1-20(2)13-16-11-7-8-12-17(16)19-18(14-21-3)15-9-5-4-6-10-15/h4-12,18-19H,13-14H2,1-3H3. The lowest BCUT2D eigenvalue weighted by atomic mass is 10.1. The highest BCUT2D eigenvalue weighted by Gasteiger charge is 2.12. The molecule has 2 aromatic rings. The molecule has 0 spiro atoms. The molecule has 0 aromatic heterocycles. The van der Waals surface area contributed by atoms with Crippen LogP contribution in [0.25, 0.3) is 0 Å². The molecule has 0 radical (unpaired) electrons. The quantitative estimate of drug-likeness (QED) is 0.841. The Morgan fingerprint density at radius 2 is 1.67 bits per heavy atom. The lowest BCUT2D eigenvalue weighted by Crippen LogP contribution is -2.18. The van der Waals surface area contributed by atoms with E-state index < -0.39 is 0 Å². The summed E-state index contributed by atoms with van der Waals surface area (Å²) >= 11 is 0. The van der Waals surface area contributed by atoms with E-state index in [1.54, 1.807) is 7.11 Å². The van der Waals surface area contributed by atoms with Gasteiger partial charge in [0.2, 0.25) is 0 Å². The Labute approximate surface area is 127 Å². The van der Waals surface area contributed by atoms with Crippen molar-refractivity contribution < 1.29 is 4.74 Å².